The molecular weight excluding hydrogens is 333 g/mol. The van der Waals surface area contributed by atoms with Gasteiger partial charge in [-0.1, -0.05) is 18.2 Å². The molecular formula is C17H17BrFNO. The Labute approximate surface area is 132 Å². The van der Waals surface area contributed by atoms with Gasteiger partial charge in [0.25, 0.3) is 0 Å². The van der Waals surface area contributed by atoms with Crippen molar-refractivity contribution in [1.29, 1.82) is 0 Å². The summed E-state index contributed by atoms with van der Waals surface area (Å²) in [6, 6.07) is 13.7. The lowest BCUT2D eigenvalue weighted by Gasteiger charge is -2.37. The Morgan fingerprint density at radius 2 is 1.95 bits per heavy atom. The fourth-order valence-electron chi connectivity index (χ4n) is 2.81. The molecule has 0 atom stereocenters. The van der Waals surface area contributed by atoms with Crippen LogP contribution in [0.5, 0.6) is 5.75 Å². The van der Waals surface area contributed by atoms with Crippen LogP contribution in [-0.2, 0) is 0 Å². The lowest BCUT2D eigenvalue weighted by molar-refractivity contribution is 0.349. The number of methoxy groups -OCH3 is 1. The third kappa shape index (κ3) is 3.05. The van der Waals surface area contributed by atoms with E-state index in [0.29, 0.717) is 16.4 Å². The summed E-state index contributed by atoms with van der Waals surface area (Å²) in [6.45, 7) is 0. The van der Waals surface area contributed by atoms with E-state index in [1.165, 1.54) is 11.6 Å². The Hall–Kier alpha value is -1.55. The van der Waals surface area contributed by atoms with Crippen molar-refractivity contribution in [3.8, 4) is 5.75 Å². The summed E-state index contributed by atoms with van der Waals surface area (Å²) in [5, 5.41) is 3.38. The second kappa shape index (κ2) is 6.06. The minimum absolute atomic E-state index is 0.236. The first kappa shape index (κ1) is 14.4. The number of rotatable bonds is 4. The molecule has 1 fully saturated rings. The van der Waals surface area contributed by atoms with Gasteiger partial charge in [-0.2, -0.15) is 0 Å². The average molecular weight is 350 g/mol. The lowest BCUT2D eigenvalue weighted by Crippen LogP contribution is -2.34. The van der Waals surface area contributed by atoms with Crippen molar-refractivity contribution in [2.75, 3.05) is 12.4 Å². The highest BCUT2D eigenvalue weighted by molar-refractivity contribution is 9.10. The minimum Gasteiger partial charge on any atom is -0.496 e. The van der Waals surface area contributed by atoms with Crippen LogP contribution >= 0.6 is 15.9 Å². The second-order valence-electron chi connectivity index (χ2n) is 5.38. The summed E-state index contributed by atoms with van der Waals surface area (Å²) in [6.07, 6.45) is 2.08. The van der Waals surface area contributed by atoms with Crippen LogP contribution in [0.4, 0.5) is 10.1 Å². The molecule has 0 bridgehead atoms. The monoisotopic (exact) mass is 349 g/mol. The molecule has 0 saturated heterocycles. The number of benzene rings is 2. The van der Waals surface area contributed by atoms with Crippen LogP contribution in [0.15, 0.2) is 46.9 Å². The maximum Gasteiger partial charge on any atom is 0.139 e. The molecule has 4 heteroatoms. The van der Waals surface area contributed by atoms with E-state index in [0.717, 1.165) is 24.3 Å². The molecule has 3 rings (SSSR count). The van der Waals surface area contributed by atoms with Crippen LogP contribution in [0, 0.1) is 5.82 Å². The van der Waals surface area contributed by atoms with E-state index < -0.39 is 0 Å². The van der Waals surface area contributed by atoms with Crippen LogP contribution in [0.3, 0.4) is 0 Å². The molecule has 0 spiro atoms. The number of anilines is 1. The molecule has 0 aromatic heterocycles. The molecule has 0 aliphatic heterocycles. The van der Waals surface area contributed by atoms with E-state index in [-0.39, 0.29) is 5.82 Å². The highest BCUT2D eigenvalue weighted by Crippen LogP contribution is 2.42. The van der Waals surface area contributed by atoms with Crippen molar-refractivity contribution in [3.63, 3.8) is 0 Å². The number of ether oxygens (including phenoxy) is 1. The summed E-state index contributed by atoms with van der Waals surface area (Å²) in [7, 11) is 1.71. The van der Waals surface area contributed by atoms with Gasteiger partial charge in [-0.15, -0.1) is 0 Å². The Kier molecular flexibility index (Phi) is 4.15. The molecule has 110 valence electrons. The first-order chi connectivity index (χ1) is 10.2. The Bertz CT molecular complexity index is 640. The van der Waals surface area contributed by atoms with Crippen molar-refractivity contribution < 1.29 is 9.13 Å². The molecule has 1 aliphatic carbocycles. The fraction of sp³-hybridized carbons (Fsp3) is 0.294. The van der Waals surface area contributed by atoms with Crippen LogP contribution in [-0.4, -0.2) is 13.2 Å². The number of halogens is 2. The maximum atomic E-state index is 13.5. The van der Waals surface area contributed by atoms with Gasteiger partial charge in [-0.3, -0.25) is 0 Å². The predicted molar refractivity (Wildman–Crippen MR) is 86.5 cm³/mol. The summed E-state index contributed by atoms with van der Waals surface area (Å²) >= 11 is 3.17. The Morgan fingerprint density at radius 1 is 1.19 bits per heavy atom. The fourth-order valence-corrected chi connectivity index (χ4v) is 3.06. The molecule has 2 aromatic carbocycles. The zero-order chi connectivity index (χ0) is 14.8. The van der Waals surface area contributed by atoms with E-state index in [2.05, 4.69) is 27.3 Å². The molecule has 0 unspecified atom stereocenters. The highest BCUT2D eigenvalue weighted by atomic mass is 79.9. The number of para-hydroxylation sites is 1. The summed E-state index contributed by atoms with van der Waals surface area (Å²) < 4.78 is 19.4. The van der Waals surface area contributed by atoms with Gasteiger partial charge < -0.3 is 10.1 Å². The summed E-state index contributed by atoms with van der Waals surface area (Å²) in [5.41, 5.74) is 2.10. The topological polar surface area (TPSA) is 21.3 Å². The largest absolute Gasteiger partial charge is 0.496 e. The van der Waals surface area contributed by atoms with E-state index >= 15 is 0 Å². The van der Waals surface area contributed by atoms with Crippen molar-refractivity contribution in [3.05, 3.63) is 58.3 Å². The van der Waals surface area contributed by atoms with Crippen LogP contribution in [0.25, 0.3) is 0 Å². The first-order valence-corrected chi connectivity index (χ1v) is 7.81. The Morgan fingerprint density at radius 3 is 2.67 bits per heavy atom. The number of hydrogen-bond donors (Lipinski definition) is 1. The molecule has 0 heterocycles. The van der Waals surface area contributed by atoms with Gasteiger partial charge in [-0.05, 0) is 64.5 Å². The van der Waals surface area contributed by atoms with Crippen molar-refractivity contribution in [2.45, 2.75) is 24.8 Å². The smallest absolute Gasteiger partial charge is 0.139 e. The van der Waals surface area contributed by atoms with Crippen molar-refractivity contribution in [1.82, 2.24) is 0 Å². The maximum absolute atomic E-state index is 13.5. The van der Waals surface area contributed by atoms with Crippen LogP contribution < -0.4 is 10.1 Å². The molecule has 2 aromatic rings. The van der Waals surface area contributed by atoms with Gasteiger partial charge in [0.05, 0.1) is 11.6 Å². The van der Waals surface area contributed by atoms with Gasteiger partial charge in [0.1, 0.15) is 11.6 Å². The molecule has 1 aliphatic rings. The predicted octanol–water partition coefficient (Wildman–Crippen LogP) is 4.95. The second-order valence-corrected chi connectivity index (χ2v) is 6.23. The third-order valence-electron chi connectivity index (χ3n) is 4.01. The van der Waals surface area contributed by atoms with Gasteiger partial charge in [0.2, 0.25) is 0 Å². The molecule has 1 saturated carbocycles. The SMILES string of the molecule is COc1ccccc1C1CC(Nc2ccc(Br)c(F)c2)C1. The standard InChI is InChI=1S/C17H17BrFNO/c1-21-17-5-3-2-4-14(17)11-8-13(9-11)20-12-6-7-15(18)16(19)10-12/h2-7,10-11,13,20H,8-9H2,1H3. The van der Waals surface area contributed by atoms with E-state index in [1.54, 1.807) is 13.2 Å². The zero-order valence-corrected chi connectivity index (χ0v) is 13.4. The molecule has 0 amide bonds. The molecule has 1 N–H and O–H groups in total. The average Bonchev–Trinajstić information content (AvgIpc) is 2.46. The van der Waals surface area contributed by atoms with Gasteiger partial charge in [0, 0.05) is 11.7 Å². The molecule has 21 heavy (non-hydrogen) atoms. The van der Waals surface area contributed by atoms with Crippen molar-refractivity contribution >= 4 is 21.6 Å². The zero-order valence-electron chi connectivity index (χ0n) is 11.8. The number of nitrogens with one attached hydrogen (secondary N) is 1. The van der Waals surface area contributed by atoms with E-state index in [9.17, 15) is 4.39 Å². The first-order valence-electron chi connectivity index (χ1n) is 7.02. The van der Waals surface area contributed by atoms with Crippen molar-refractivity contribution in [2.24, 2.45) is 0 Å². The van der Waals surface area contributed by atoms with E-state index in [1.807, 2.05) is 24.3 Å². The van der Waals surface area contributed by atoms with Crippen LogP contribution in [0.2, 0.25) is 0 Å². The molecule has 2 nitrogen and oxygen atoms in total. The van der Waals surface area contributed by atoms with Gasteiger partial charge >= 0.3 is 0 Å². The highest BCUT2D eigenvalue weighted by Gasteiger charge is 2.31. The quantitative estimate of drug-likeness (QED) is 0.842. The summed E-state index contributed by atoms with van der Waals surface area (Å²) in [5.74, 6) is 1.23. The van der Waals surface area contributed by atoms with Crippen LogP contribution in [0.1, 0.15) is 24.3 Å². The van der Waals surface area contributed by atoms with Gasteiger partial charge in [0.15, 0.2) is 0 Å². The number of hydrogen-bond acceptors (Lipinski definition) is 2. The normalized spacial score (nSPS) is 20.7. The summed E-state index contributed by atoms with van der Waals surface area (Å²) in [4.78, 5) is 0. The van der Waals surface area contributed by atoms with E-state index in [4.69, 9.17) is 4.74 Å². The lowest BCUT2D eigenvalue weighted by atomic mass is 9.75. The molecule has 0 radical (unpaired) electrons. The Balaban J connectivity index is 1.62. The minimum atomic E-state index is -0.236. The third-order valence-corrected chi connectivity index (χ3v) is 4.65. The van der Waals surface area contributed by atoms with Gasteiger partial charge in [-0.25, -0.2) is 4.39 Å².